The van der Waals surface area contributed by atoms with E-state index in [1.165, 1.54) is 109 Å². The molecule has 0 aromatic heterocycles. The highest BCUT2D eigenvalue weighted by Gasteiger charge is 2.19. The summed E-state index contributed by atoms with van der Waals surface area (Å²) in [6.07, 6.45) is 63.2. The highest BCUT2D eigenvalue weighted by molar-refractivity contribution is 5.71. The van der Waals surface area contributed by atoms with Crippen molar-refractivity contribution in [2.75, 3.05) is 13.2 Å². The van der Waals surface area contributed by atoms with Crippen LogP contribution in [0.25, 0.3) is 0 Å². The van der Waals surface area contributed by atoms with Gasteiger partial charge in [-0.15, -0.1) is 0 Å². The van der Waals surface area contributed by atoms with Crippen molar-refractivity contribution < 1.29 is 28.6 Å². The average molecular weight is 865 g/mol. The highest BCUT2D eigenvalue weighted by Crippen LogP contribution is 2.14. The van der Waals surface area contributed by atoms with E-state index >= 15 is 0 Å². The van der Waals surface area contributed by atoms with Gasteiger partial charge in [-0.05, 0) is 83.5 Å². The van der Waals surface area contributed by atoms with Crippen LogP contribution in [-0.4, -0.2) is 37.2 Å². The molecular weight excluding hydrogens is 769 g/mol. The number of rotatable bonds is 46. The van der Waals surface area contributed by atoms with Crippen LogP contribution in [0.5, 0.6) is 0 Å². The second-order valence-electron chi connectivity index (χ2n) is 17.1. The van der Waals surface area contributed by atoms with E-state index in [-0.39, 0.29) is 37.5 Å². The summed E-state index contributed by atoms with van der Waals surface area (Å²) in [6, 6.07) is 0. The number of carbonyl (C=O) groups is 3. The zero-order valence-corrected chi connectivity index (χ0v) is 40.6. The van der Waals surface area contributed by atoms with E-state index in [0.29, 0.717) is 19.3 Å². The predicted molar refractivity (Wildman–Crippen MR) is 265 cm³/mol. The van der Waals surface area contributed by atoms with Crippen LogP contribution in [0.2, 0.25) is 0 Å². The molecule has 0 aromatic carbocycles. The SMILES string of the molecule is CC/C=C\C/C=C\C/C=C\CCCCCCCCC(=O)OC(COC(=O)CCC/C=C\C/C=C\C/C=C\CCCCCCCC)COC(=O)CCCCCCCCCCCCC. The smallest absolute Gasteiger partial charge is 0.306 e. The molecule has 356 valence electrons. The van der Waals surface area contributed by atoms with Crippen LogP contribution in [0.15, 0.2) is 72.9 Å². The van der Waals surface area contributed by atoms with Gasteiger partial charge in [-0.2, -0.15) is 0 Å². The minimum Gasteiger partial charge on any atom is -0.462 e. The second kappa shape index (κ2) is 50.5. The molecule has 6 heteroatoms. The molecular formula is C56H96O6. The Morgan fingerprint density at radius 3 is 1.05 bits per heavy atom. The molecule has 0 saturated heterocycles. The van der Waals surface area contributed by atoms with Gasteiger partial charge in [0.25, 0.3) is 0 Å². The summed E-state index contributed by atoms with van der Waals surface area (Å²) in [6.45, 7) is 6.46. The minimum atomic E-state index is -0.800. The van der Waals surface area contributed by atoms with Crippen molar-refractivity contribution in [3.63, 3.8) is 0 Å². The summed E-state index contributed by atoms with van der Waals surface area (Å²) in [5.74, 6) is -0.962. The lowest BCUT2D eigenvalue weighted by molar-refractivity contribution is -0.167. The number of unbranched alkanes of at least 4 members (excludes halogenated alkanes) is 23. The Bertz CT molecular complexity index is 1180. The molecule has 0 aliphatic carbocycles. The third-order valence-electron chi connectivity index (χ3n) is 10.9. The first-order chi connectivity index (χ1) is 30.5. The monoisotopic (exact) mass is 865 g/mol. The van der Waals surface area contributed by atoms with Crippen LogP contribution < -0.4 is 0 Å². The van der Waals surface area contributed by atoms with Crippen LogP contribution in [0.1, 0.15) is 245 Å². The summed E-state index contributed by atoms with van der Waals surface area (Å²) in [4.78, 5) is 37.9. The van der Waals surface area contributed by atoms with Crippen molar-refractivity contribution in [2.24, 2.45) is 0 Å². The van der Waals surface area contributed by atoms with Crippen molar-refractivity contribution in [1.82, 2.24) is 0 Å². The van der Waals surface area contributed by atoms with Gasteiger partial charge in [0, 0.05) is 19.3 Å². The van der Waals surface area contributed by atoms with Gasteiger partial charge in [0.1, 0.15) is 13.2 Å². The Morgan fingerprint density at radius 1 is 0.339 bits per heavy atom. The van der Waals surface area contributed by atoms with E-state index in [0.717, 1.165) is 89.9 Å². The lowest BCUT2D eigenvalue weighted by atomic mass is 10.1. The van der Waals surface area contributed by atoms with Gasteiger partial charge < -0.3 is 14.2 Å². The summed E-state index contributed by atoms with van der Waals surface area (Å²) < 4.78 is 16.7. The zero-order valence-electron chi connectivity index (χ0n) is 40.6. The largest absolute Gasteiger partial charge is 0.462 e. The lowest BCUT2D eigenvalue weighted by Crippen LogP contribution is -2.30. The first kappa shape index (κ1) is 58.9. The van der Waals surface area contributed by atoms with Gasteiger partial charge in [-0.1, -0.05) is 216 Å². The molecule has 62 heavy (non-hydrogen) atoms. The second-order valence-corrected chi connectivity index (χ2v) is 17.1. The Morgan fingerprint density at radius 2 is 0.645 bits per heavy atom. The molecule has 0 N–H and O–H groups in total. The van der Waals surface area contributed by atoms with Crippen LogP contribution in [-0.2, 0) is 28.6 Å². The normalized spacial score (nSPS) is 12.6. The molecule has 0 amide bonds. The van der Waals surface area contributed by atoms with E-state index in [1.54, 1.807) is 0 Å². The zero-order chi connectivity index (χ0) is 45.1. The molecule has 0 heterocycles. The Labute approximate surface area is 382 Å². The molecule has 6 nitrogen and oxygen atoms in total. The summed E-state index contributed by atoms with van der Waals surface area (Å²) in [7, 11) is 0. The lowest BCUT2D eigenvalue weighted by Gasteiger charge is -2.18. The van der Waals surface area contributed by atoms with Crippen LogP contribution >= 0.6 is 0 Å². The molecule has 0 aromatic rings. The van der Waals surface area contributed by atoms with Gasteiger partial charge in [0.15, 0.2) is 6.10 Å². The van der Waals surface area contributed by atoms with Crippen molar-refractivity contribution in [1.29, 1.82) is 0 Å². The minimum absolute atomic E-state index is 0.0951. The summed E-state index contributed by atoms with van der Waals surface area (Å²) in [5.41, 5.74) is 0. The molecule has 0 fully saturated rings. The Balaban J connectivity index is 4.46. The quantitative estimate of drug-likeness (QED) is 0.0262. The fourth-order valence-electron chi connectivity index (χ4n) is 7.06. The first-order valence-corrected chi connectivity index (χ1v) is 25.9. The van der Waals surface area contributed by atoms with Gasteiger partial charge in [0.05, 0.1) is 0 Å². The number of hydrogen-bond donors (Lipinski definition) is 0. The van der Waals surface area contributed by atoms with Gasteiger partial charge in [-0.25, -0.2) is 0 Å². The maximum atomic E-state index is 12.8. The van der Waals surface area contributed by atoms with Crippen molar-refractivity contribution in [3.8, 4) is 0 Å². The molecule has 1 unspecified atom stereocenters. The fourth-order valence-corrected chi connectivity index (χ4v) is 7.06. The molecule has 0 radical (unpaired) electrons. The van der Waals surface area contributed by atoms with E-state index in [2.05, 4.69) is 93.7 Å². The van der Waals surface area contributed by atoms with E-state index < -0.39 is 6.10 Å². The Kier molecular flexibility index (Phi) is 47.9. The van der Waals surface area contributed by atoms with Crippen LogP contribution in [0, 0.1) is 0 Å². The maximum Gasteiger partial charge on any atom is 0.306 e. The molecule has 0 rings (SSSR count). The Hall–Kier alpha value is -3.15. The topological polar surface area (TPSA) is 78.9 Å². The van der Waals surface area contributed by atoms with Gasteiger partial charge >= 0.3 is 17.9 Å². The van der Waals surface area contributed by atoms with Crippen LogP contribution in [0.4, 0.5) is 0 Å². The molecule has 0 aliphatic heterocycles. The third kappa shape index (κ3) is 47.9. The standard InChI is InChI=1S/C56H96O6/c1-4-7-10-13-16-19-22-24-26-28-30-31-34-37-40-43-46-49-55(58)61-52-53(51-60-54(57)48-45-42-39-36-33-21-18-15-12-9-6-3)62-56(59)50-47-44-41-38-35-32-29-27-25-23-20-17-14-11-8-5-2/h8,11,17,20,24-27,30-31,37,40,53H,4-7,9-10,12-16,18-19,21-23,28-29,32-36,38-39,41-52H2,1-3H3/b11-8-,20-17-,26-24-,27-25-,31-30-,40-37-. The van der Waals surface area contributed by atoms with Crippen molar-refractivity contribution >= 4 is 17.9 Å². The molecule has 0 aliphatic rings. The number of esters is 3. The molecule has 0 bridgehead atoms. The maximum absolute atomic E-state index is 12.8. The van der Waals surface area contributed by atoms with Crippen LogP contribution in [0.3, 0.4) is 0 Å². The van der Waals surface area contributed by atoms with Gasteiger partial charge in [0.2, 0.25) is 0 Å². The predicted octanol–water partition coefficient (Wildman–Crippen LogP) is 17.0. The number of carbonyl (C=O) groups excluding carboxylic acids is 3. The molecule has 1 atom stereocenters. The third-order valence-corrected chi connectivity index (χ3v) is 10.9. The number of hydrogen-bond acceptors (Lipinski definition) is 6. The first-order valence-electron chi connectivity index (χ1n) is 25.9. The number of ether oxygens (including phenoxy) is 3. The summed E-state index contributed by atoms with van der Waals surface area (Å²) in [5, 5.41) is 0. The van der Waals surface area contributed by atoms with E-state index in [4.69, 9.17) is 14.2 Å². The highest BCUT2D eigenvalue weighted by atomic mass is 16.6. The van der Waals surface area contributed by atoms with Crippen molar-refractivity contribution in [3.05, 3.63) is 72.9 Å². The fraction of sp³-hybridized carbons (Fsp3) is 0.732. The molecule has 0 spiro atoms. The van der Waals surface area contributed by atoms with Gasteiger partial charge in [-0.3, -0.25) is 14.4 Å². The number of allylic oxidation sites excluding steroid dienone is 12. The van der Waals surface area contributed by atoms with E-state index in [9.17, 15) is 14.4 Å². The van der Waals surface area contributed by atoms with Crippen molar-refractivity contribution in [2.45, 2.75) is 252 Å². The molecule has 0 saturated carbocycles. The van der Waals surface area contributed by atoms with E-state index in [1.807, 2.05) is 0 Å². The summed E-state index contributed by atoms with van der Waals surface area (Å²) >= 11 is 0. The average Bonchev–Trinajstić information content (AvgIpc) is 3.27.